The maximum Gasteiger partial charge on any atom is 0.209 e. The molecule has 1 unspecified atom stereocenters. The first kappa shape index (κ1) is 9.88. The van der Waals surface area contributed by atoms with Crippen molar-refractivity contribution in [3.8, 4) is 0 Å². The number of carbonyl (C=O) groups excluding carboxylic acids is 1. The van der Waals surface area contributed by atoms with Gasteiger partial charge < -0.3 is 4.90 Å². The minimum absolute atomic E-state index is 0.405. The molecule has 1 saturated heterocycles. The quantitative estimate of drug-likeness (QED) is 0.694. The zero-order valence-corrected chi connectivity index (χ0v) is 9.43. The van der Waals surface area contributed by atoms with Crippen LogP contribution in [0.4, 0.5) is 0 Å². The van der Waals surface area contributed by atoms with Crippen LogP contribution >= 0.6 is 0 Å². The van der Waals surface area contributed by atoms with Gasteiger partial charge in [-0.1, -0.05) is 36.8 Å². The zero-order valence-electron chi connectivity index (χ0n) is 9.43. The highest BCUT2D eigenvalue weighted by molar-refractivity contribution is 5.49. The van der Waals surface area contributed by atoms with Gasteiger partial charge in [0.05, 0.1) is 0 Å². The molecule has 1 amide bonds. The Bertz CT molecular complexity index is 383. The van der Waals surface area contributed by atoms with Crippen LogP contribution in [0.2, 0.25) is 0 Å². The molecule has 1 aromatic carbocycles. The van der Waals surface area contributed by atoms with Gasteiger partial charge in [0.1, 0.15) is 0 Å². The van der Waals surface area contributed by atoms with Crippen LogP contribution in [0.3, 0.4) is 0 Å². The van der Waals surface area contributed by atoms with Crippen LogP contribution in [0.5, 0.6) is 0 Å². The minimum Gasteiger partial charge on any atom is -0.344 e. The second-order valence-corrected chi connectivity index (χ2v) is 5.21. The molecular formula is C14H17NO. The molecule has 84 valence electrons. The zero-order chi connectivity index (χ0) is 11.0. The lowest BCUT2D eigenvalue weighted by Crippen LogP contribution is -2.36. The molecule has 0 aromatic heterocycles. The highest BCUT2D eigenvalue weighted by atomic mass is 16.1. The largest absolute Gasteiger partial charge is 0.344 e. The molecular weight excluding hydrogens is 198 g/mol. The van der Waals surface area contributed by atoms with E-state index >= 15 is 0 Å². The maximum atomic E-state index is 10.9. The Kier molecular flexibility index (Phi) is 2.23. The van der Waals surface area contributed by atoms with E-state index in [4.69, 9.17) is 0 Å². The third-order valence-corrected chi connectivity index (χ3v) is 4.37. The van der Waals surface area contributed by atoms with Gasteiger partial charge in [0.2, 0.25) is 6.41 Å². The highest BCUT2D eigenvalue weighted by Crippen LogP contribution is 2.55. The minimum atomic E-state index is 0.405. The molecule has 2 nitrogen and oxygen atoms in total. The van der Waals surface area contributed by atoms with E-state index in [1.165, 1.54) is 24.8 Å². The average molecular weight is 215 g/mol. The van der Waals surface area contributed by atoms with Gasteiger partial charge in [-0.2, -0.15) is 0 Å². The molecule has 0 bridgehead atoms. The van der Waals surface area contributed by atoms with Gasteiger partial charge in [-0.3, -0.25) is 4.79 Å². The summed E-state index contributed by atoms with van der Waals surface area (Å²) in [5, 5.41) is 0. The summed E-state index contributed by atoms with van der Waals surface area (Å²) in [4.78, 5) is 12.9. The highest BCUT2D eigenvalue weighted by Gasteiger charge is 2.50. The lowest BCUT2D eigenvalue weighted by molar-refractivity contribution is -0.117. The fourth-order valence-electron chi connectivity index (χ4n) is 3.37. The number of hydrogen-bond donors (Lipinski definition) is 0. The van der Waals surface area contributed by atoms with Crippen LogP contribution in [0.25, 0.3) is 0 Å². The normalized spacial score (nSPS) is 26.8. The Morgan fingerprint density at radius 1 is 1.25 bits per heavy atom. The van der Waals surface area contributed by atoms with Crippen molar-refractivity contribution in [1.29, 1.82) is 0 Å². The molecule has 1 spiro atoms. The van der Waals surface area contributed by atoms with Crippen LogP contribution in [-0.4, -0.2) is 24.4 Å². The number of amides is 1. The lowest BCUT2D eigenvalue weighted by atomic mass is 9.61. The molecule has 2 fully saturated rings. The smallest absolute Gasteiger partial charge is 0.209 e. The maximum absolute atomic E-state index is 10.9. The van der Waals surface area contributed by atoms with Crippen molar-refractivity contribution in [3.05, 3.63) is 35.9 Å². The third-order valence-electron chi connectivity index (χ3n) is 4.37. The molecule has 1 heterocycles. The molecule has 0 N–H and O–H groups in total. The predicted molar refractivity (Wildman–Crippen MR) is 63.1 cm³/mol. The van der Waals surface area contributed by atoms with E-state index in [9.17, 15) is 4.79 Å². The summed E-state index contributed by atoms with van der Waals surface area (Å²) in [6.07, 6.45) is 4.92. The Morgan fingerprint density at radius 3 is 2.56 bits per heavy atom. The second-order valence-electron chi connectivity index (χ2n) is 5.21. The van der Waals surface area contributed by atoms with Crippen molar-refractivity contribution in [2.45, 2.75) is 25.2 Å². The van der Waals surface area contributed by atoms with Gasteiger partial charge in [0.25, 0.3) is 0 Å². The topological polar surface area (TPSA) is 20.3 Å². The van der Waals surface area contributed by atoms with Crippen molar-refractivity contribution >= 4 is 6.41 Å². The number of hydrogen-bond acceptors (Lipinski definition) is 1. The second kappa shape index (κ2) is 3.62. The van der Waals surface area contributed by atoms with E-state index in [-0.39, 0.29) is 0 Å². The van der Waals surface area contributed by atoms with E-state index in [1.807, 2.05) is 4.90 Å². The van der Waals surface area contributed by atoms with Crippen LogP contribution < -0.4 is 0 Å². The Hall–Kier alpha value is -1.31. The first-order valence-corrected chi connectivity index (χ1v) is 6.08. The van der Waals surface area contributed by atoms with Crippen molar-refractivity contribution < 1.29 is 4.79 Å². The number of carbonyl (C=O) groups is 1. The molecule has 1 aliphatic carbocycles. The summed E-state index contributed by atoms with van der Waals surface area (Å²) >= 11 is 0. The van der Waals surface area contributed by atoms with Crippen LogP contribution in [0.15, 0.2) is 30.3 Å². The van der Waals surface area contributed by atoms with Gasteiger partial charge in [-0.05, 0) is 23.8 Å². The van der Waals surface area contributed by atoms with Gasteiger partial charge in [-0.15, -0.1) is 0 Å². The number of likely N-dealkylation sites (tertiary alicyclic amines) is 1. The number of benzene rings is 1. The SMILES string of the molecule is O=CN1CC(c2ccccc2)C2(CCC2)C1. The van der Waals surface area contributed by atoms with Gasteiger partial charge in [-0.25, -0.2) is 0 Å². The van der Waals surface area contributed by atoms with Gasteiger partial charge >= 0.3 is 0 Å². The molecule has 2 heteroatoms. The summed E-state index contributed by atoms with van der Waals surface area (Å²) < 4.78 is 0. The lowest BCUT2D eigenvalue weighted by Gasteiger charge is -2.42. The van der Waals surface area contributed by atoms with Gasteiger partial charge in [0.15, 0.2) is 0 Å². The van der Waals surface area contributed by atoms with Crippen molar-refractivity contribution in [2.24, 2.45) is 5.41 Å². The predicted octanol–water partition coefficient (Wildman–Crippen LogP) is 2.41. The summed E-state index contributed by atoms with van der Waals surface area (Å²) in [5.41, 5.74) is 1.81. The molecule has 1 saturated carbocycles. The Labute approximate surface area is 96.3 Å². The van der Waals surface area contributed by atoms with Crippen LogP contribution in [0.1, 0.15) is 30.7 Å². The molecule has 2 aliphatic rings. The first-order chi connectivity index (χ1) is 7.84. The third kappa shape index (κ3) is 1.36. The molecule has 1 aromatic rings. The standard InChI is InChI=1S/C14H17NO/c16-11-15-9-13(12-5-2-1-3-6-12)14(10-15)7-4-8-14/h1-3,5-6,11,13H,4,7-10H2. The van der Waals surface area contributed by atoms with Crippen LogP contribution in [-0.2, 0) is 4.79 Å². The summed E-state index contributed by atoms with van der Waals surface area (Å²) in [6, 6.07) is 10.7. The molecule has 3 rings (SSSR count). The van der Waals surface area contributed by atoms with Crippen molar-refractivity contribution in [3.63, 3.8) is 0 Å². The average Bonchev–Trinajstić information content (AvgIpc) is 2.69. The van der Waals surface area contributed by atoms with Crippen molar-refractivity contribution in [1.82, 2.24) is 4.90 Å². The Morgan fingerprint density at radius 2 is 2.00 bits per heavy atom. The fraction of sp³-hybridized carbons (Fsp3) is 0.500. The molecule has 16 heavy (non-hydrogen) atoms. The number of nitrogens with zero attached hydrogens (tertiary/aromatic N) is 1. The molecule has 1 aliphatic heterocycles. The van der Waals surface area contributed by atoms with E-state index in [0.29, 0.717) is 11.3 Å². The number of rotatable bonds is 2. The summed E-state index contributed by atoms with van der Waals surface area (Å²) in [7, 11) is 0. The fourth-order valence-corrected chi connectivity index (χ4v) is 3.37. The Balaban J connectivity index is 1.91. The van der Waals surface area contributed by atoms with E-state index in [2.05, 4.69) is 30.3 Å². The van der Waals surface area contributed by atoms with Gasteiger partial charge in [0, 0.05) is 19.0 Å². The van der Waals surface area contributed by atoms with E-state index < -0.39 is 0 Å². The summed E-state index contributed by atoms with van der Waals surface area (Å²) in [6.45, 7) is 1.88. The van der Waals surface area contributed by atoms with E-state index in [1.54, 1.807) is 0 Å². The monoisotopic (exact) mass is 215 g/mol. The first-order valence-electron chi connectivity index (χ1n) is 6.08. The van der Waals surface area contributed by atoms with E-state index in [0.717, 1.165) is 19.5 Å². The molecule has 0 radical (unpaired) electrons. The van der Waals surface area contributed by atoms with Crippen LogP contribution in [0, 0.1) is 5.41 Å². The molecule has 1 atom stereocenters. The summed E-state index contributed by atoms with van der Waals surface area (Å²) in [5.74, 6) is 0.563. The van der Waals surface area contributed by atoms with Crippen molar-refractivity contribution in [2.75, 3.05) is 13.1 Å².